The minimum atomic E-state index is -0.00227. The molecule has 4 heteroatoms. The van der Waals surface area contributed by atoms with Crippen molar-refractivity contribution in [3.8, 4) is 0 Å². The molecule has 0 aromatic heterocycles. The predicted molar refractivity (Wildman–Crippen MR) is 65.9 cm³/mol. The highest BCUT2D eigenvalue weighted by Gasteiger charge is 2.26. The smallest absolute Gasteiger partial charge is 0.254 e. The summed E-state index contributed by atoms with van der Waals surface area (Å²) in [6.45, 7) is 4.19. The number of morpholine rings is 1. The van der Waals surface area contributed by atoms with E-state index in [0.717, 1.165) is 11.1 Å². The van der Waals surface area contributed by atoms with Crippen LogP contribution in [0.15, 0.2) is 24.3 Å². The maximum Gasteiger partial charge on any atom is 0.254 e. The van der Waals surface area contributed by atoms with E-state index in [9.17, 15) is 4.79 Å². The fourth-order valence-corrected chi connectivity index (χ4v) is 1.98. The molecule has 92 valence electrons. The zero-order valence-electron chi connectivity index (χ0n) is 10.1. The zero-order chi connectivity index (χ0) is 12.3. The Labute approximate surface area is 101 Å². The van der Waals surface area contributed by atoms with Crippen LogP contribution in [0.5, 0.6) is 0 Å². The van der Waals surface area contributed by atoms with Gasteiger partial charge >= 0.3 is 0 Å². The topological polar surface area (TPSA) is 55.6 Å². The van der Waals surface area contributed by atoms with E-state index < -0.39 is 0 Å². The fourth-order valence-electron chi connectivity index (χ4n) is 1.98. The first-order chi connectivity index (χ1) is 8.22. The van der Waals surface area contributed by atoms with Gasteiger partial charge in [-0.25, -0.2) is 0 Å². The quantitative estimate of drug-likeness (QED) is 0.823. The Bertz CT molecular complexity index is 389. The SMILES string of the molecule is Cc1ccc(C(=O)N2CCOCC2CN)cc1. The van der Waals surface area contributed by atoms with Crippen molar-refractivity contribution in [1.82, 2.24) is 4.90 Å². The highest BCUT2D eigenvalue weighted by Crippen LogP contribution is 2.12. The Morgan fingerprint density at radius 1 is 1.47 bits per heavy atom. The predicted octanol–water partition coefficient (Wildman–Crippen LogP) is 0.795. The van der Waals surface area contributed by atoms with Gasteiger partial charge in [0.1, 0.15) is 0 Å². The molecule has 1 unspecified atom stereocenters. The van der Waals surface area contributed by atoms with Crippen molar-refractivity contribution in [3.63, 3.8) is 0 Å². The molecular weight excluding hydrogens is 216 g/mol. The normalized spacial score (nSPS) is 20.4. The fraction of sp³-hybridized carbons (Fsp3) is 0.462. The van der Waals surface area contributed by atoms with Crippen LogP contribution < -0.4 is 5.73 Å². The summed E-state index contributed by atoms with van der Waals surface area (Å²) in [5.41, 5.74) is 7.53. The molecule has 1 atom stereocenters. The zero-order valence-corrected chi connectivity index (χ0v) is 10.1. The molecule has 1 fully saturated rings. The summed E-state index contributed by atoms with van der Waals surface area (Å²) < 4.78 is 5.33. The monoisotopic (exact) mass is 234 g/mol. The summed E-state index contributed by atoms with van der Waals surface area (Å²) in [6.07, 6.45) is 0. The second-order valence-electron chi connectivity index (χ2n) is 4.33. The molecule has 0 saturated carbocycles. The third-order valence-corrected chi connectivity index (χ3v) is 3.06. The molecule has 2 rings (SSSR count). The van der Waals surface area contributed by atoms with E-state index >= 15 is 0 Å². The molecule has 2 N–H and O–H groups in total. The number of carbonyl (C=O) groups is 1. The van der Waals surface area contributed by atoms with Crippen molar-refractivity contribution in [1.29, 1.82) is 0 Å². The Morgan fingerprint density at radius 3 is 2.82 bits per heavy atom. The molecular formula is C13H18N2O2. The van der Waals surface area contributed by atoms with Crippen LogP contribution >= 0.6 is 0 Å². The Hall–Kier alpha value is -1.39. The highest BCUT2D eigenvalue weighted by molar-refractivity contribution is 5.94. The van der Waals surface area contributed by atoms with Gasteiger partial charge in [0.2, 0.25) is 0 Å². The average molecular weight is 234 g/mol. The molecule has 1 saturated heterocycles. The van der Waals surface area contributed by atoms with E-state index in [0.29, 0.717) is 26.3 Å². The van der Waals surface area contributed by atoms with Gasteiger partial charge in [0.05, 0.1) is 19.3 Å². The largest absolute Gasteiger partial charge is 0.377 e. The van der Waals surface area contributed by atoms with Crippen LogP contribution in [0.1, 0.15) is 15.9 Å². The maximum atomic E-state index is 12.3. The molecule has 1 aromatic rings. The Balaban J connectivity index is 2.15. The van der Waals surface area contributed by atoms with Crippen molar-refractivity contribution in [2.24, 2.45) is 5.73 Å². The molecule has 1 heterocycles. The summed E-state index contributed by atoms with van der Waals surface area (Å²) >= 11 is 0. The van der Waals surface area contributed by atoms with Crippen LogP contribution in [0, 0.1) is 6.92 Å². The highest BCUT2D eigenvalue weighted by atomic mass is 16.5. The van der Waals surface area contributed by atoms with Crippen molar-refractivity contribution in [2.75, 3.05) is 26.3 Å². The van der Waals surface area contributed by atoms with Gasteiger partial charge in [-0.1, -0.05) is 17.7 Å². The van der Waals surface area contributed by atoms with E-state index in [1.807, 2.05) is 36.1 Å². The number of aryl methyl sites for hydroxylation is 1. The van der Waals surface area contributed by atoms with E-state index in [1.165, 1.54) is 0 Å². The molecule has 0 radical (unpaired) electrons. The molecule has 1 aliphatic heterocycles. The first kappa shape index (κ1) is 12.1. The second kappa shape index (κ2) is 5.29. The third-order valence-electron chi connectivity index (χ3n) is 3.06. The summed E-state index contributed by atoms with van der Waals surface area (Å²) in [5, 5.41) is 0. The van der Waals surface area contributed by atoms with Gasteiger partial charge < -0.3 is 15.4 Å². The Morgan fingerprint density at radius 2 is 2.18 bits per heavy atom. The van der Waals surface area contributed by atoms with Gasteiger partial charge in [0.25, 0.3) is 5.91 Å². The molecule has 1 aromatic carbocycles. The lowest BCUT2D eigenvalue weighted by atomic mass is 10.1. The number of nitrogens with two attached hydrogens (primary N) is 1. The van der Waals surface area contributed by atoms with Gasteiger partial charge in [0.15, 0.2) is 0 Å². The maximum absolute atomic E-state index is 12.3. The van der Waals surface area contributed by atoms with Crippen molar-refractivity contribution in [2.45, 2.75) is 13.0 Å². The van der Waals surface area contributed by atoms with Gasteiger partial charge in [0, 0.05) is 18.7 Å². The van der Waals surface area contributed by atoms with Crippen LogP contribution in [0.3, 0.4) is 0 Å². The van der Waals surface area contributed by atoms with Gasteiger partial charge in [-0.2, -0.15) is 0 Å². The van der Waals surface area contributed by atoms with Crippen LogP contribution in [0.25, 0.3) is 0 Å². The summed E-state index contributed by atoms with van der Waals surface area (Å²) in [5.74, 6) is 0.0451. The van der Waals surface area contributed by atoms with Crippen LogP contribution in [0.2, 0.25) is 0 Å². The lowest BCUT2D eigenvalue weighted by molar-refractivity contribution is 0.000840. The number of hydrogen-bond donors (Lipinski definition) is 1. The minimum absolute atomic E-state index is 0.00227. The molecule has 1 amide bonds. The minimum Gasteiger partial charge on any atom is -0.377 e. The first-order valence-corrected chi connectivity index (χ1v) is 5.88. The van der Waals surface area contributed by atoms with Gasteiger partial charge in [-0.05, 0) is 19.1 Å². The number of amides is 1. The molecule has 0 bridgehead atoms. The first-order valence-electron chi connectivity index (χ1n) is 5.88. The van der Waals surface area contributed by atoms with Crippen molar-refractivity contribution < 1.29 is 9.53 Å². The lowest BCUT2D eigenvalue weighted by Crippen LogP contribution is -2.52. The molecule has 4 nitrogen and oxygen atoms in total. The molecule has 0 aliphatic carbocycles. The van der Waals surface area contributed by atoms with E-state index in [1.54, 1.807) is 0 Å². The van der Waals surface area contributed by atoms with E-state index in [4.69, 9.17) is 10.5 Å². The second-order valence-corrected chi connectivity index (χ2v) is 4.33. The van der Waals surface area contributed by atoms with Gasteiger partial charge in [-0.15, -0.1) is 0 Å². The summed E-state index contributed by atoms with van der Waals surface area (Å²) in [4.78, 5) is 14.1. The van der Waals surface area contributed by atoms with Crippen LogP contribution in [-0.4, -0.2) is 43.2 Å². The number of hydrogen-bond acceptors (Lipinski definition) is 3. The van der Waals surface area contributed by atoms with Crippen molar-refractivity contribution >= 4 is 5.91 Å². The van der Waals surface area contributed by atoms with Crippen molar-refractivity contribution in [3.05, 3.63) is 35.4 Å². The summed E-state index contributed by atoms with van der Waals surface area (Å²) in [7, 11) is 0. The standard InChI is InChI=1S/C13H18N2O2/c1-10-2-4-11(5-3-10)13(16)15-6-7-17-9-12(15)8-14/h2-5,12H,6-9,14H2,1H3. The number of rotatable bonds is 2. The van der Waals surface area contributed by atoms with E-state index in [2.05, 4.69) is 0 Å². The number of benzene rings is 1. The molecule has 1 aliphatic rings. The van der Waals surface area contributed by atoms with E-state index in [-0.39, 0.29) is 11.9 Å². The third kappa shape index (κ3) is 2.65. The number of nitrogens with zero attached hydrogens (tertiary/aromatic N) is 1. The molecule has 0 spiro atoms. The number of carbonyl (C=O) groups excluding carboxylic acids is 1. The lowest BCUT2D eigenvalue weighted by Gasteiger charge is -2.34. The number of ether oxygens (including phenoxy) is 1. The Kier molecular flexibility index (Phi) is 3.76. The van der Waals surface area contributed by atoms with Crippen LogP contribution in [-0.2, 0) is 4.74 Å². The summed E-state index contributed by atoms with van der Waals surface area (Å²) in [6, 6.07) is 7.62. The van der Waals surface area contributed by atoms with Gasteiger partial charge in [-0.3, -0.25) is 4.79 Å². The van der Waals surface area contributed by atoms with Crippen LogP contribution in [0.4, 0.5) is 0 Å². The molecule has 17 heavy (non-hydrogen) atoms. The average Bonchev–Trinajstić information content (AvgIpc) is 2.39.